The molecule has 6 heteroatoms. The Morgan fingerprint density at radius 1 is 1.17 bits per heavy atom. The fraction of sp³-hybridized carbons (Fsp3) is 0.652. The Labute approximate surface area is 193 Å². The maximum Gasteiger partial charge on any atom is 0.220 e. The molecule has 3 rings (SSSR count). The average Bonchev–Trinajstić information content (AvgIpc) is 3.22. The molecule has 0 atom stereocenters. The molecule has 0 radical (unpaired) electrons. The first-order valence-electron chi connectivity index (χ1n) is 11.0. The first-order chi connectivity index (χ1) is 13.7. The van der Waals surface area contributed by atoms with Gasteiger partial charge in [-0.2, -0.15) is 0 Å². The second kappa shape index (κ2) is 11.8. The van der Waals surface area contributed by atoms with Crippen molar-refractivity contribution in [3.05, 3.63) is 35.9 Å². The number of hydrogen-bond donors (Lipinski definition) is 2. The van der Waals surface area contributed by atoms with Gasteiger partial charge in [0.2, 0.25) is 5.91 Å². The number of nitrogens with one attached hydrogen (secondary N) is 2. The van der Waals surface area contributed by atoms with Gasteiger partial charge in [0.15, 0.2) is 5.96 Å². The van der Waals surface area contributed by atoms with Gasteiger partial charge in [-0.05, 0) is 44.1 Å². The molecule has 0 aromatic heterocycles. The van der Waals surface area contributed by atoms with E-state index >= 15 is 0 Å². The third-order valence-corrected chi connectivity index (χ3v) is 6.48. The highest BCUT2D eigenvalue weighted by Crippen LogP contribution is 2.41. The second-order valence-corrected chi connectivity index (χ2v) is 8.33. The number of halogens is 1. The molecule has 1 aromatic carbocycles. The van der Waals surface area contributed by atoms with Gasteiger partial charge in [-0.1, -0.05) is 43.2 Å². The van der Waals surface area contributed by atoms with Crippen LogP contribution in [-0.4, -0.2) is 50.0 Å². The molecule has 2 aliphatic rings. The summed E-state index contributed by atoms with van der Waals surface area (Å²) in [5.41, 5.74) is 1.64. The summed E-state index contributed by atoms with van der Waals surface area (Å²) in [7, 11) is 1.72. The lowest BCUT2D eigenvalue weighted by atomic mass is 9.79. The topological polar surface area (TPSA) is 56.7 Å². The minimum absolute atomic E-state index is 0. The number of benzene rings is 1. The molecule has 0 unspecified atom stereocenters. The summed E-state index contributed by atoms with van der Waals surface area (Å²) in [5.74, 6) is 1.69. The highest BCUT2D eigenvalue weighted by atomic mass is 127. The van der Waals surface area contributed by atoms with Gasteiger partial charge in [0.25, 0.3) is 0 Å². The van der Waals surface area contributed by atoms with Gasteiger partial charge >= 0.3 is 0 Å². The highest BCUT2D eigenvalue weighted by molar-refractivity contribution is 14.0. The Balaban J connectivity index is 0.00000300. The minimum Gasteiger partial charge on any atom is -0.359 e. The number of likely N-dealkylation sites (tertiary alicyclic amines) is 1. The monoisotopic (exact) mass is 512 g/mol. The van der Waals surface area contributed by atoms with Crippen LogP contribution in [0.2, 0.25) is 0 Å². The molecule has 1 heterocycles. The normalized spacial score (nSPS) is 19.5. The van der Waals surface area contributed by atoms with Gasteiger partial charge in [0, 0.05) is 38.5 Å². The highest BCUT2D eigenvalue weighted by Gasteiger charge is 2.35. The fourth-order valence-corrected chi connectivity index (χ4v) is 4.75. The predicted molar refractivity (Wildman–Crippen MR) is 131 cm³/mol. The molecule has 0 spiro atoms. The van der Waals surface area contributed by atoms with Gasteiger partial charge in [0.05, 0.1) is 6.54 Å². The molecule has 162 valence electrons. The quantitative estimate of drug-likeness (QED) is 0.345. The number of piperidine rings is 1. The van der Waals surface area contributed by atoms with E-state index in [4.69, 9.17) is 4.99 Å². The van der Waals surface area contributed by atoms with Crippen molar-refractivity contribution in [3.8, 4) is 0 Å². The molecule has 0 bridgehead atoms. The van der Waals surface area contributed by atoms with Crippen LogP contribution in [0.25, 0.3) is 0 Å². The summed E-state index contributed by atoms with van der Waals surface area (Å²) in [4.78, 5) is 19.2. The van der Waals surface area contributed by atoms with Crippen molar-refractivity contribution in [2.24, 2.45) is 10.9 Å². The van der Waals surface area contributed by atoms with E-state index in [0.29, 0.717) is 12.3 Å². The van der Waals surface area contributed by atoms with Crippen LogP contribution in [-0.2, 0) is 10.2 Å². The van der Waals surface area contributed by atoms with Crippen LogP contribution in [0.3, 0.4) is 0 Å². The molecule has 1 aliphatic carbocycles. The van der Waals surface area contributed by atoms with Crippen molar-refractivity contribution in [1.29, 1.82) is 0 Å². The molecule has 1 amide bonds. The molecule has 5 nitrogen and oxygen atoms in total. The lowest BCUT2D eigenvalue weighted by Crippen LogP contribution is -2.46. The lowest BCUT2D eigenvalue weighted by molar-refractivity contribution is -0.121. The van der Waals surface area contributed by atoms with Crippen LogP contribution >= 0.6 is 24.0 Å². The first kappa shape index (κ1) is 24.0. The summed E-state index contributed by atoms with van der Waals surface area (Å²) >= 11 is 0. The van der Waals surface area contributed by atoms with E-state index in [2.05, 4.69) is 52.8 Å². The smallest absolute Gasteiger partial charge is 0.220 e. The Morgan fingerprint density at radius 3 is 2.41 bits per heavy atom. The van der Waals surface area contributed by atoms with Gasteiger partial charge in [-0.15, -0.1) is 24.0 Å². The van der Waals surface area contributed by atoms with E-state index in [1.807, 2.05) is 0 Å². The van der Waals surface area contributed by atoms with Crippen molar-refractivity contribution in [2.75, 3.05) is 33.2 Å². The van der Waals surface area contributed by atoms with E-state index in [1.54, 1.807) is 7.05 Å². The Kier molecular flexibility index (Phi) is 9.72. The number of guanidine groups is 1. The van der Waals surface area contributed by atoms with E-state index in [1.165, 1.54) is 31.2 Å². The van der Waals surface area contributed by atoms with Crippen LogP contribution in [0.1, 0.15) is 57.4 Å². The zero-order valence-electron chi connectivity index (χ0n) is 18.0. The number of amides is 1. The van der Waals surface area contributed by atoms with Gasteiger partial charge < -0.3 is 15.5 Å². The van der Waals surface area contributed by atoms with Crippen molar-refractivity contribution >= 4 is 35.8 Å². The van der Waals surface area contributed by atoms with Crippen LogP contribution in [0, 0.1) is 5.92 Å². The standard InChI is InChI=1S/C23H36N4O.HI/c1-3-25-22(27-15-11-19(12-16-27)17-21(28)24-2)26-18-23(13-7-8-14-23)20-9-5-4-6-10-20;/h4-6,9-10,19H,3,7-8,11-18H2,1-2H3,(H,24,28)(H,25,26);1H. The Bertz CT molecular complexity index is 650. The minimum atomic E-state index is 0. The Morgan fingerprint density at radius 2 is 1.83 bits per heavy atom. The van der Waals surface area contributed by atoms with Crippen LogP contribution in [0.15, 0.2) is 35.3 Å². The lowest BCUT2D eigenvalue weighted by Gasteiger charge is -2.35. The van der Waals surface area contributed by atoms with Crippen molar-refractivity contribution in [1.82, 2.24) is 15.5 Å². The third-order valence-electron chi connectivity index (χ3n) is 6.48. The van der Waals surface area contributed by atoms with Crippen LogP contribution in [0.5, 0.6) is 0 Å². The summed E-state index contributed by atoms with van der Waals surface area (Å²) in [6.45, 7) is 5.83. The maximum absolute atomic E-state index is 11.7. The van der Waals surface area contributed by atoms with Crippen LogP contribution < -0.4 is 10.6 Å². The van der Waals surface area contributed by atoms with E-state index in [9.17, 15) is 4.79 Å². The summed E-state index contributed by atoms with van der Waals surface area (Å²) in [6, 6.07) is 11.0. The number of hydrogen-bond acceptors (Lipinski definition) is 2. The van der Waals surface area contributed by atoms with E-state index in [-0.39, 0.29) is 35.3 Å². The molecule has 2 fully saturated rings. The van der Waals surface area contributed by atoms with Gasteiger partial charge in [-0.3, -0.25) is 9.79 Å². The number of nitrogens with zero attached hydrogens (tertiary/aromatic N) is 2. The van der Waals surface area contributed by atoms with Gasteiger partial charge in [0.1, 0.15) is 0 Å². The molecule has 1 aliphatic heterocycles. The maximum atomic E-state index is 11.7. The molecular weight excluding hydrogens is 475 g/mol. The zero-order chi connectivity index (χ0) is 19.8. The van der Waals surface area contributed by atoms with Crippen molar-refractivity contribution in [3.63, 3.8) is 0 Å². The molecule has 29 heavy (non-hydrogen) atoms. The second-order valence-electron chi connectivity index (χ2n) is 8.33. The predicted octanol–water partition coefficient (Wildman–Crippen LogP) is 3.93. The largest absolute Gasteiger partial charge is 0.359 e. The van der Waals surface area contributed by atoms with E-state index in [0.717, 1.165) is 45.0 Å². The SMILES string of the molecule is CCNC(=NCC1(c2ccccc2)CCCC1)N1CCC(CC(=O)NC)CC1.I. The number of aliphatic imine (C=N–C) groups is 1. The molecular formula is C23H37IN4O. The average molecular weight is 512 g/mol. The number of carbonyl (C=O) groups is 1. The summed E-state index contributed by atoms with van der Waals surface area (Å²) in [6.07, 6.45) is 7.82. The zero-order valence-corrected chi connectivity index (χ0v) is 20.3. The number of rotatable bonds is 6. The summed E-state index contributed by atoms with van der Waals surface area (Å²) in [5, 5.41) is 6.26. The Hall–Kier alpha value is -1.31. The first-order valence-corrected chi connectivity index (χ1v) is 11.0. The molecule has 2 N–H and O–H groups in total. The molecule has 1 saturated heterocycles. The van der Waals surface area contributed by atoms with Gasteiger partial charge in [-0.25, -0.2) is 0 Å². The van der Waals surface area contributed by atoms with Crippen LogP contribution in [0.4, 0.5) is 0 Å². The van der Waals surface area contributed by atoms with Crippen molar-refractivity contribution < 1.29 is 4.79 Å². The summed E-state index contributed by atoms with van der Waals surface area (Å²) < 4.78 is 0. The van der Waals surface area contributed by atoms with Crippen molar-refractivity contribution in [2.45, 2.75) is 57.3 Å². The molecule has 1 saturated carbocycles. The number of carbonyl (C=O) groups excluding carboxylic acids is 1. The van der Waals surface area contributed by atoms with E-state index < -0.39 is 0 Å². The third kappa shape index (κ3) is 6.33. The molecule has 1 aromatic rings. The fourth-order valence-electron chi connectivity index (χ4n) is 4.75.